The number of benzene rings is 3. The number of carbonyl (C=O) groups is 1. The molecule has 0 bridgehead atoms. The van der Waals surface area contributed by atoms with Gasteiger partial charge in [-0.3, -0.25) is 14.6 Å². The smallest absolute Gasteiger partial charge is 0.262 e. The van der Waals surface area contributed by atoms with Crippen LogP contribution in [-0.4, -0.2) is 24.5 Å². The summed E-state index contributed by atoms with van der Waals surface area (Å²) in [5.74, 6) is -0.342. The number of hydrogen-bond donors (Lipinski definition) is 3. The SMILES string of the molecule is Cc1ccc(C)c(S(=O)(=O)Nc2cccc(C(=O)Nc3ccc4[nH]ncc4c3)c2)c1. The van der Waals surface area contributed by atoms with Gasteiger partial charge in [-0.25, -0.2) is 8.42 Å². The predicted octanol–water partition coefficient (Wildman–Crippen LogP) is 4.23. The number of fused-ring (bicyclic) bond motifs is 1. The molecule has 0 aliphatic carbocycles. The number of amides is 1. The molecule has 0 radical (unpaired) electrons. The summed E-state index contributed by atoms with van der Waals surface area (Å²) in [5, 5.41) is 10.5. The van der Waals surface area contributed by atoms with Crippen molar-refractivity contribution in [3.05, 3.63) is 83.6 Å². The zero-order chi connectivity index (χ0) is 21.3. The molecule has 1 heterocycles. The molecule has 4 rings (SSSR count). The zero-order valence-corrected chi connectivity index (χ0v) is 17.2. The molecule has 0 spiro atoms. The van der Waals surface area contributed by atoms with E-state index in [-0.39, 0.29) is 10.8 Å². The van der Waals surface area contributed by atoms with Gasteiger partial charge in [-0.15, -0.1) is 0 Å². The second-order valence-electron chi connectivity index (χ2n) is 7.08. The maximum atomic E-state index is 12.8. The second-order valence-corrected chi connectivity index (χ2v) is 8.73. The third kappa shape index (κ3) is 4.04. The van der Waals surface area contributed by atoms with E-state index < -0.39 is 10.0 Å². The van der Waals surface area contributed by atoms with Crippen LogP contribution in [0.3, 0.4) is 0 Å². The van der Waals surface area contributed by atoms with Crippen LogP contribution < -0.4 is 10.0 Å². The Hall–Kier alpha value is -3.65. The highest BCUT2D eigenvalue weighted by Crippen LogP contribution is 2.22. The lowest BCUT2D eigenvalue weighted by Gasteiger charge is -2.12. The highest BCUT2D eigenvalue weighted by Gasteiger charge is 2.18. The molecule has 0 unspecified atom stereocenters. The Balaban J connectivity index is 1.55. The fourth-order valence-corrected chi connectivity index (χ4v) is 4.53. The molecular weight excluding hydrogens is 400 g/mol. The van der Waals surface area contributed by atoms with Crippen molar-refractivity contribution in [3.8, 4) is 0 Å². The number of nitrogens with one attached hydrogen (secondary N) is 3. The summed E-state index contributed by atoms with van der Waals surface area (Å²) in [4.78, 5) is 12.9. The van der Waals surface area contributed by atoms with Gasteiger partial charge in [-0.1, -0.05) is 18.2 Å². The Morgan fingerprint density at radius 1 is 0.967 bits per heavy atom. The topological polar surface area (TPSA) is 104 Å². The van der Waals surface area contributed by atoms with E-state index in [0.29, 0.717) is 22.5 Å². The Morgan fingerprint density at radius 3 is 2.63 bits per heavy atom. The fourth-order valence-electron chi connectivity index (χ4n) is 3.15. The van der Waals surface area contributed by atoms with Crippen molar-refractivity contribution in [2.75, 3.05) is 10.0 Å². The number of H-pyrrole nitrogens is 1. The number of aromatic amines is 1. The molecule has 0 aliphatic heterocycles. The third-order valence-corrected chi connectivity index (χ3v) is 6.23. The van der Waals surface area contributed by atoms with Crippen molar-refractivity contribution in [3.63, 3.8) is 0 Å². The molecule has 30 heavy (non-hydrogen) atoms. The summed E-state index contributed by atoms with van der Waals surface area (Å²) in [5.41, 5.74) is 3.64. The lowest BCUT2D eigenvalue weighted by molar-refractivity contribution is 0.102. The van der Waals surface area contributed by atoms with Gasteiger partial charge < -0.3 is 5.32 Å². The fraction of sp³-hybridized carbons (Fsp3) is 0.0909. The molecule has 3 aromatic carbocycles. The monoisotopic (exact) mass is 420 g/mol. The highest BCUT2D eigenvalue weighted by atomic mass is 32.2. The summed E-state index contributed by atoms with van der Waals surface area (Å²) >= 11 is 0. The number of hydrogen-bond acceptors (Lipinski definition) is 4. The summed E-state index contributed by atoms with van der Waals surface area (Å²) in [6.45, 7) is 3.58. The number of nitrogens with zero attached hydrogens (tertiary/aromatic N) is 1. The zero-order valence-electron chi connectivity index (χ0n) is 16.4. The van der Waals surface area contributed by atoms with E-state index in [4.69, 9.17) is 0 Å². The molecule has 0 aliphatic rings. The molecule has 0 saturated heterocycles. The number of carbonyl (C=O) groups excluding carboxylic acids is 1. The molecule has 8 heteroatoms. The van der Waals surface area contributed by atoms with Crippen LogP contribution in [-0.2, 0) is 10.0 Å². The van der Waals surface area contributed by atoms with Crippen LogP contribution in [0.1, 0.15) is 21.5 Å². The molecular formula is C22H20N4O3S. The molecule has 1 amide bonds. The van der Waals surface area contributed by atoms with Crippen LogP contribution in [0.15, 0.2) is 71.8 Å². The Labute approximate surface area is 174 Å². The molecule has 0 fully saturated rings. The van der Waals surface area contributed by atoms with Crippen molar-refractivity contribution in [1.82, 2.24) is 10.2 Å². The predicted molar refractivity (Wildman–Crippen MR) is 117 cm³/mol. The van der Waals surface area contributed by atoms with Gasteiger partial charge in [0.05, 0.1) is 16.6 Å². The summed E-state index contributed by atoms with van der Waals surface area (Å²) in [6, 6.07) is 17.0. The summed E-state index contributed by atoms with van der Waals surface area (Å²) < 4.78 is 28.2. The quantitative estimate of drug-likeness (QED) is 0.449. The molecule has 3 N–H and O–H groups in total. The van der Waals surface area contributed by atoms with Crippen molar-refractivity contribution in [2.45, 2.75) is 18.7 Å². The van der Waals surface area contributed by atoms with Gasteiger partial charge in [0.1, 0.15) is 0 Å². The number of rotatable bonds is 5. The van der Waals surface area contributed by atoms with E-state index in [1.165, 1.54) is 6.07 Å². The first kappa shape index (κ1) is 19.7. The third-order valence-electron chi connectivity index (χ3n) is 4.71. The van der Waals surface area contributed by atoms with Crippen LogP contribution in [0.25, 0.3) is 10.9 Å². The van der Waals surface area contributed by atoms with Crippen molar-refractivity contribution < 1.29 is 13.2 Å². The first-order valence-electron chi connectivity index (χ1n) is 9.26. The van der Waals surface area contributed by atoms with Crippen LogP contribution in [0.2, 0.25) is 0 Å². The second kappa shape index (κ2) is 7.64. The van der Waals surface area contributed by atoms with E-state index in [1.807, 2.05) is 25.1 Å². The van der Waals surface area contributed by atoms with Gasteiger partial charge in [0.2, 0.25) is 0 Å². The molecule has 152 valence electrons. The number of anilines is 2. The minimum Gasteiger partial charge on any atom is -0.322 e. The van der Waals surface area contributed by atoms with E-state index >= 15 is 0 Å². The maximum Gasteiger partial charge on any atom is 0.262 e. The van der Waals surface area contributed by atoms with Gasteiger partial charge in [0.15, 0.2) is 0 Å². The van der Waals surface area contributed by atoms with Crippen LogP contribution in [0.4, 0.5) is 11.4 Å². The van der Waals surface area contributed by atoms with E-state index in [9.17, 15) is 13.2 Å². The minimum atomic E-state index is -3.78. The normalized spacial score (nSPS) is 11.4. The number of aryl methyl sites for hydroxylation is 2. The van der Waals surface area contributed by atoms with Crippen molar-refractivity contribution in [1.29, 1.82) is 0 Å². The first-order valence-corrected chi connectivity index (χ1v) is 10.7. The van der Waals surface area contributed by atoms with E-state index in [2.05, 4.69) is 20.2 Å². The summed E-state index contributed by atoms with van der Waals surface area (Å²) in [7, 11) is -3.78. The number of sulfonamides is 1. The average Bonchev–Trinajstić information content (AvgIpc) is 3.17. The Morgan fingerprint density at radius 2 is 1.80 bits per heavy atom. The van der Waals surface area contributed by atoms with E-state index in [0.717, 1.165) is 16.5 Å². The number of aromatic nitrogens is 2. The first-order chi connectivity index (χ1) is 14.3. The van der Waals surface area contributed by atoms with Gasteiger partial charge in [-0.2, -0.15) is 5.10 Å². The molecule has 0 saturated carbocycles. The van der Waals surface area contributed by atoms with Crippen LogP contribution in [0.5, 0.6) is 0 Å². The summed E-state index contributed by atoms with van der Waals surface area (Å²) in [6.07, 6.45) is 1.67. The minimum absolute atomic E-state index is 0.214. The van der Waals surface area contributed by atoms with Gasteiger partial charge in [0, 0.05) is 22.3 Å². The molecule has 0 atom stereocenters. The average molecular weight is 420 g/mol. The van der Waals surface area contributed by atoms with Gasteiger partial charge in [0.25, 0.3) is 15.9 Å². The van der Waals surface area contributed by atoms with Gasteiger partial charge >= 0.3 is 0 Å². The van der Waals surface area contributed by atoms with Crippen molar-refractivity contribution in [2.24, 2.45) is 0 Å². The standard InChI is InChI=1S/C22H20N4O3S/c1-14-6-7-15(2)21(10-14)30(28,29)26-19-5-3-4-16(11-19)22(27)24-18-8-9-20-17(12-18)13-23-25-20/h3-13,26H,1-2H3,(H,23,25)(H,24,27). The Kier molecular flexibility index (Phi) is 5.01. The lowest BCUT2D eigenvalue weighted by atomic mass is 10.2. The molecule has 1 aromatic heterocycles. The van der Waals surface area contributed by atoms with Crippen molar-refractivity contribution >= 4 is 38.2 Å². The maximum absolute atomic E-state index is 12.8. The highest BCUT2D eigenvalue weighted by molar-refractivity contribution is 7.92. The van der Waals surface area contributed by atoms with Crippen LogP contribution in [0, 0.1) is 13.8 Å². The molecule has 7 nitrogen and oxygen atoms in total. The lowest BCUT2D eigenvalue weighted by Crippen LogP contribution is -2.16. The molecule has 4 aromatic rings. The Bertz CT molecular complexity index is 1360. The van der Waals surface area contributed by atoms with E-state index in [1.54, 1.807) is 49.5 Å². The largest absolute Gasteiger partial charge is 0.322 e. The van der Waals surface area contributed by atoms with Gasteiger partial charge in [-0.05, 0) is 67.4 Å². The van der Waals surface area contributed by atoms with Crippen LogP contribution >= 0.6 is 0 Å².